The third-order valence-corrected chi connectivity index (χ3v) is 4.80. The van der Waals surface area contributed by atoms with Crippen molar-refractivity contribution in [1.29, 1.82) is 0 Å². The van der Waals surface area contributed by atoms with Gasteiger partial charge in [0.2, 0.25) is 0 Å². The Balaban J connectivity index is 2.20. The van der Waals surface area contributed by atoms with Crippen LogP contribution >= 0.6 is 0 Å². The van der Waals surface area contributed by atoms with Crippen LogP contribution in [0.1, 0.15) is 31.9 Å². The first-order valence-electron chi connectivity index (χ1n) is 7.93. The highest BCUT2D eigenvalue weighted by Crippen LogP contribution is 2.10. The molecule has 2 rings (SSSR count). The van der Waals surface area contributed by atoms with E-state index in [2.05, 4.69) is 16.6 Å². The molecule has 2 aromatic carbocycles. The van der Waals surface area contributed by atoms with E-state index in [0.717, 1.165) is 11.1 Å². The topological polar surface area (TPSA) is 29.1 Å². The molecule has 3 heteroatoms. The molecule has 2 unspecified atom stereocenters. The highest BCUT2D eigenvalue weighted by atomic mass is 32.2. The van der Waals surface area contributed by atoms with Crippen LogP contribution in [0.2, 0.25) is 0 Å². The molecule has 0 radical (unpaired) electrons. The van der Waals surface area contributed by atoms with Gasteiger partial charge in [0.15, 0.2) is 0 Å². The molecule has 2 atom stereocenters. The third-order valence-electron chi connectivity index (χ3n) is 3.22. The van der Waals surface area contributed by atoms with Gasteiger partial charge in [0.1, 0.15) is 0 Å². The summed E-state index contributed by atoms with van der Waals surface area (Å²) in [6.07, 6.45) is 3.95. The van der Waals surface area contributed by atoms with Gasteiger partial charge >= 0.3 is 0 Å². The van der Waals surface area contributed by atoms with Crippen LogP contribution in [0.5, 0.6) is 0 Å². The van der Waals surface area contributed by atoms with Gasteiger partial charge in [-0.3, -0.25) is 0 Å². The van der Waals surface area contributed by atoms with Crippen LogP contribution in [0.4, 0.5) is 0 Å². The largest absolute Gasteiger partial charge is 0.242 e. The Morgan fingerprint density at radius 1 is 1.00 bits per heavy atom. The fourth-order valence-electron chi connectivity index (χ4n) is 1.86. The molecule has 0 fully saturated rings. The molecule has 24 heavy (non-hydrogen) atoms. The molecule has 124 valence electrons. The van der Waals surface area contributed by atoms with E-state index in [1.165, 1.54) is 0 Å². The number of hydrogen-bond acceptors (Lipinski definition) is 1. The summed E-state index contributed by atoms with van der Waals surface area (Å²) in [4.78, 5) is 0. The second-order valence-electron chi connectivity index (χ2n) is 6.38. The van der Waals surface area contributed by atoms with E-state index in [1.807, 2.05) is 93.6 Å². The second kappa shape index (κ2) is 8.63. The molecule has 0 bridgehead atoms. The first kappa shape index (κ1) is 18.2. The van der Waals surface area contributed by atoms with E-state index >= 15 is 0 Å². The van der Waals surface area contributed by atoms with Gasteiger partial charge in [-0.25, -0.2) is 8.93 Å². The van der Waals surface area contributed by atoms with Crippen LogP contribution in [0.25, 0.3) is 6.08 Å². The SMILES string of the molecule is CC(C)(C)S(=O)NC(C#Cc1ccccc1)/C=C/c1ccccc1. The molecule has 2 nitrogen and oxygen atoms in total. The first-order chi connectivity index (χ1) is 11.4. The van der Waals surface area contributed by atoms with Crippen molar-refractivity contribution in [2.75, 3.05) is 0 Å². The molecule has 1 N–H and O–H groups in total. The second-order valence-corrected chi connectivity index (χ2v) is 8.38. The number of rotatable bonds is 4. The highest BCUT2D eigenvalue weighted by molar-refractivity contribution is 7.84. The summed E-state index contributed by atoms with van der Waals surface area (Å²) in [6, 6.07) is 19.5. The predicted octanol–water partition coefficient (Wildman–Crippen LogP) is 4.17. The molecular formula is C21H23NOS. The van der Waals surface area contributed by atoms with Crippen molar-refractivity contribution in [1.82, 2.24) is 4.72 Å². The number of nitrogens with one attached hydrogen (secondary N) is 1. The number of hydrogen-bond donors (Lipinski definition) is 1. The lowest BCUT2D eigenvalue weighted by Gasteiger charge is -2.20. The predicted molar refractivity (Wildman–Crippen MR) is 104 cm³/mol. The maximum Gasteiger partial charge on any atom is 0.0994 e. The van der Waals surface area contributed by atoms with Gasteiger partial charge in [0, 0.05) is 5.56 Å². The maximum atomic E-state index is 12.4. The molecule has 0 amide bonds. The van der Waals surface area contributed by atoms with Crippen molar-refractivity contribution < 1.29 is 4.21 Å². The van der Waals surface area contributed by atoms with Gasteiger partial charge in [0.05, 0.1) is 21.8 Å². The Hall–Kier alpha value is -2.15. The van der Waals surface area contributed by atoms with Gasteiger partial charge in [-0.1, -0.05) is 72.5 Å². The zero-order chi connectivity index (χ0) is 17.4. The first-order valence-corrected chi connectivity index (χ1v) is 9.08. The molecule has 0 aromatic heterocycles. The van der Waals surface area contributed by atoms with Gasteiger partial charge in [-0.15, -0.1) is 0 Å². The summed E-state index contributed by atoms with van der Waals surface area (Å²) < 4.78 is 15.2. The van der Waals surface area contributed by atoms with Gasteiger partial charge in [0.25, 0.3) is 0 Å². The van der Waals surface area contributed by atoms with E-state index in [9.17, 15) is 4.21 Å². The minimum atomic E-state index is -1.19. The van der Waals surface area contributed by atoms with E-state index in [1.54, 1.807) is 0 Å². The van der Waals surface area contributed by atoms with Crippen molar-refractivity contribution in [2.24, 2.45) is 0 Å². The lowest BCUT2D eigenvalue weighted by molar-refractivity contribution is 0.634. The minimum absolute atomic E-state index is 0.287. The van der Waals surface area contributed by atoms with E-state index in [4.69, 9.17) is 0 Å². The minimum Gasteiger partial charge on any atom is -0.242 e. The van der Waals surface area contributed by atoms with Gasteiger partial charge in [-0.2, -0.15) is 0 Å². The maximum absolute atomic E-state index is 12.4. The van der Waals surface area contributed by atoms with Gasteiger partial charge in [-0.05, 0) is 38.5 Å². The lowest BCUT2D eigenvalue weighted by atomic mass is 10.1. The molecule has 0 spiro atoms. The van der Waals surface area contributed by atoms with Crippen molar-refractivity contribution >= 4 is 17.1 Å². The standard InChI is InChI=1S/C21H23NOS/c1-21(2,3)24(23)22-20(16-14-18-10-6-4-7-11-18)17-15-19-12-8-5-9-13-19/h4-14,16,20,22H,1-3H3/b16-14+. The van der Waals surface area contributed by atoms with E-state index in [-0.39, 0.29) is 10.8 Å². The Morgan fingerprint density at radius 3 is 2.17 bits per heavy atom. The summed E-state index contributed by atoms with van der Waals surface area (Å²) in [5.74, 6) is 6.31. The normalized spacial score (nSPS) is 14.0. The van der Waals surface area contributed by atoms with Crippen LogP contribution < -0.4 is 4.72 Å². The average molecular weight is 337 g/mol. The van der Waals surface area contributed by atoms with Crippen LogP contribution in [-0.4, -0.2) is 15.0 Å². The lowest BCUT2D eigenvalue weighted by Crippen LogP contribution is -2.38. The van der Waals surface area contributed by atoms with E-state index in [0.29, 0.717) is 0 Å². The van der Waals surface area contributed by atoms with Crippen molar-refractivity contribution in [3.63, 3.8) is 0 Å². The Morgan fingerprint density at radius 2 is 1.58 bits per heavy atom. The quantitative estimate of drug-likeness (QED) is 0.834. The van der Waals surface area contributed by atoms with Crippen LogP contribution in [0.15, 0.2) is 66.7 Å². The fraction of sp³-hybridized carbons (Fsp3) is 0.238. The van der Waals surface area contributed by atoms with Crippen LogP contribution in [0.3, 0.4) is 0 Å². The van der Waals surface area contributed by atoms with Crippen molar-refractivity contribution in [3.8, 4) is 11.8 Å². The summed E-state index contributed by atoms with van der Waals surface area (Å²) in [5.41, 5.74) is 2.03. The number of benzene rings is 2. The third kappa shape index (κ3) is 6.16. The molecule has 2 aromatic rings. The van der Waals surface area contributed by atoms with Crippen molar-refractivity contribution in [2.45, 2.75) is 31.6 Å². The Kier molecular flexibility index (Phi) is 6.54. The summed E-state index contributed by atoms with van der Waals surface area (Å²) in [5, 5.41) is 0. The average Bonchev–Trinajstić information content (AvgIpc) is 2.58. The molecule has 0 aliphatic carbocycles. The Bertz CT molecular complexity index is 749. The highest BCUT2D eigenvalue weighted by Gasteiger charge is 2.21. The summed E-state index contributed by atoms with van der Waals surface area (Å²) in [7, 11) is -1.19. The van der Waals surface area contributed by atoms with Gasteiger partial charge < -0.3 is 0 Å². The summed E-state index contributed by atoms with van der Waals surface area (Å²) in [6.45, 7) is 5.83. The zero-order valence-electron chi connectivity index (χ0n) is 14.3. The van der Waals surface area contributed by atoms with Crippen LogP contribution in [-0.2, 0) is 11.0 Å². The molecule has 0 aliphatic rings. The molecule has 0 saturated carbocycles. The van der Waals surface area contributed by atoms with Crippen LogP contribution in [0, 0.1) is 11.8 Å². The molecule has 0 saturated heterocycles. The molecule has 0 aliphatic heterocycles. The fourth-order valence-corrected chi connectivity index (χ4v) is 2.58. The smallest absolute Gasteiger partial charge is 0.0994 e. The van der Waals surface area contributed by atoms with Crippen molar-refractivity contribution in [3.05, 3.63) is 77.9 Å². The summed E-state index contributed by atoms with van der Waals surface area (Å²) >= 11 is 0. The zero-order valence-corrected chi connectivity index (χ0v) is 15.1. The van der Waals surface area contributed by atoms with E-state index < -0.39 is 11.0 Å². The molecule has 0 heterocycles. The molecular weight excluding hydrogens is 314 g/mol. The monoisotopic (exact) mass is 337 g/mol. The Labute approximate surface area is 147 Å².